The molecular formula is C10H11N5O2. The third-order valence-corrected chi connectivity index (χ3v) is 1.91. The maximum atomic E-state index is 11.7. The van der Waals surface area contributed by atoms with Gasteiger partial charge in [0.15, 0.2) is 0 Å². The average Bonchev–Trinajstić information content (AvgIpc) is 2.78. The molecule has 2 N–H and O–H groups in total. The Balaban J connectivity index is 2.03. The standard InChI is InChI=1S/C10H11N5O2/c1-2-17-10-13-9(14-15-10)12-8(16)7-3-5-11-6-4-7/h3-6H,2H2,1H3,(H2,12,13,14,15,16). The third kappa shape index (κ3) is 2.77. The quantitative estimate of drug-likeness (QED) is 0.816. The number of nitrogens with zero attached hydrogens (tertiary/aromatic N) is 3. The van der Waals surface area contributed by atoms with Gasteiger partial charge in [0, 0.05) is 18.0 Å². The molecule has 0 aliphatic carbocycles. The molecule has 0 aliphatic heterocycles. The molecule has 0 radical (unpaired) electrons. The highest BCUT2D eigenvalue weighted by Gasteiger charge is 2.09. The fourth-order valence-corrected chi connectivity index (χ4v) is 1.18. The molecule has 17 heavy (non-hydrogen) atoms. The summed E-state index contributed by atoms with van der Waals surface area (Å²) in [5, 5.41) is 8.89. The van der Waals surface area contributed by atoms with E-state index in [0.29, 0.717) is 12.2 Å². The van der Waals surface area contributed by atoms with Crippen LogP contribution < -0.4 is 10.1 Å². The van der Waals surface area contributed by atoms with Crippen LogP contribution in [0, 0.1) is 0 Å². The van der Waals surface area contributed by atoms with Crippen LogP contribution in [0.2, 0.25) is 0 Å². The van der Waals surface area contributed by atoms with Crippen LogP contribution in [-0.4, -0.2) is 32.7 Å². The van der Waals surface area contributed by atoms with Crippen LogP contribution in [0.1, 0.15) is 17.3 Å². The summed E-state index contributed by atoms with van der Waals surface area (Å²) >= 11 is 0. The second-order valence-corrected chi connectivity index (χ2v) is 3.09. The predicted molar refractivity (Wildman–Crippen MR) is 59.7 cm³/mol. The molecule has 0 spiro atoms. The summed E-state index contributed by atoms with van der Waals surface area (Å²) in [5.41, 5.74) is 0.495. The number of aromatic amines is 1. The highest BCUT2D eigenvalue weighted by atomic mass is 16.5. The summed E-state index contributed by atoms with van der Waals surface area (Å²) in [6.45, 7) is 2.29. The van der Waals surface area contributed by atoms with Crippen molar-refractivity contribution in [3.8, 4) is 6.01 Å². The van der Waals surface area contributed by atoms with Gasteiger partial charge in [-0.25, -0.2) is 5.10 Å². The molecule has 0 bridgehead atoms. The molecule has 0 atom stereocenters. The summed E-state index contributed by atoms with van der Waals surface area (Å²) in [4.78, 5) is 19.5. The van der Waals surface area contributed by atoms with E-state index in [9.17, 15) is 4.79 Å². The molecule has 1 amide bonds. The molecule has 88 valence electrons. The highest BCUT2D eigenvalue weighted by molar-refractivity contribution is 6.03. The first-order chi connectivity index (χ1) is 8.29. The molecule has 0 unspecified atom stereocenters. The molecule has 2 rings (SSSR count). The molecule has 2 aromatic rings. The first-order valence-corrected chi connectivity index (χ1v) is 5.06. The number of hydrogen-bond donors (Lipinski definition) is 2. The zero-order valence-electron chi connectivity index (χ0n) is 9.17. The Bertz CT molecular complexity index is 496. The van der Waals surface area contributed by atoms with Gasteiger partial charge in [-0.05, 0) is 19.1 Å². The number of rotatable bonds is 4. The minimum Gasteiger partial charge on any atom is -0.463 e. The molecule has 7 heteroatoms. The number of pyridine rings is 1. The lowest BCUT2D eigenvalue weighted by atomic mass is 10.2. The average molecular weight is 233 g/mol. The number of hydrogen-bond acceptors (Lipinski definition) is 5. The van der Waals surface area contributed by atoms with Gasteiger partial charge in [0.1, 0.15) is 0 Å². The van der Waals surface area contributed by atoms with Gasteiger partial charge in [0.2, 0.25) is 5.95 Å². The number of anilines is 1. The molecule has 0 aliphatic rings. The Kier molecular flexibility index (Phi) is 3.29. The topological polar surface area (TPSA) is 92.8 Å². The number of nitrogens with one attached hydrogen (secondary N) is 2. The number of carbonyl (C=O) groups is 1. The predicted octanol–water partition coefficient (Wildman–Crippen LogP) is 0.851. The van der Waals surface area contributed by atoms with Crippen molar-refractivity contribution in [2.45, 2.75) is 6.92 Å². The fourth-order valence-electron chi connectivity index (χ4n) is 1.18. The molecular weight excluding hydrogens is 222 g/mol. The molecule has 2 heterocycles. The molecule has 0 aromatic carbocycles. The van der Waals surface area contributed by atoms with Crippen molar-refractivity contribution in [3.05, 3.63) is 30.1 Å². The molecule has 0 fully saturated rings. The van der Waals surface area contributed by atoms with Gasteiger partial charge < -0.3 is 4.74 Å². The van der Waals surface area contributed by atoms with Crippen LogP contribution in [0.25, 0.3) is 0 Å². The summed E-state index contributed by atoms with van der Waals surface area (Å²) in [6.07, 6.45) is 3.09. The van der Waals surface area contributed by atoms with E-state index >= 15 is 0 Å². The monoisotopic (exact) mass is 233 g/mol. The van der Waals surface area contributed by atoms with Crippen molar-refractivity contribution in [3.63, 3.8) is 0 Å². The third-order valence-electron chi connectivity index (χ3n) is 1.91. The zero-order valence-corrected chi connectivity index (χ0v) is 9.17. The Morgan fingerprint density at radius 2 is 2.24 bits per heavy atom. The first-order valence-electron chi connectivity index (χ1n) is 5.06. The van der Waals surface area contributed by atoms with Gasteiger partial charge in [0.25, 0.3) is 5.91 Å². The van der Waals surface area contributed by atoms with Crippen LogP contribution in [0.4, 0.5) is 5.95 Å². The minimum atomic E-state index is -0.286. The second-order valence-electron chi connectivity index (χ2n) is 3.09. The van der Waals surface area contributed by atoms with E-state index in [0.717, 1.165) is 0 Å². The van der Waals surface area contributed by atoms with Gasteiger partial charge in [-0.1, -0.05) is 0 Å². The minimum absolute atomic E-state index is 0.206. The van der Waals surface area contributed by atoms with Gasteiger partial charge in [-0.15, -0.1) is 5.10 Å². The zero-order chi connectivity index (χ0) is 12.1. The first kappa shape index (κ1) is 11.1. The maximum absolute atomic E-state index is 11.7. The number of aromatic nitrogens is 4. The lowest BCUT2D eigenvalue weighted by molar-refractivity contribution is 0.102. The van der Waals surface area contributed by atoms with E-state index in [-0.39, 0.29) is 17.9 Å². The lowest BCUT2D eigenvalue weighted by Crippen LogP contribution is -2.12. The van der Waals surface area contributed by atoms with Gasteiger partial charge in [0.05, 0.1) is 6.61 Å². The number of amides is 1. The van der Waals surface area contributed by atoms with E-state index in [1.165, 1.54) is 0 Å². The maximum Gasteiger partial charge on any atom is 0.337 e. The molecule has 0 saturated heterocycles. The van der Waals surface area contributed by atoms with Gasteiger partial charge in [-0.2, -0.15) is 4.98 Å². The van der Waals surface area contributed by atoms with Crippen molar-refractivity contribution in [1.29, 1.82) is 0 Å². The van der Waals surface area contributed by atoms with Crippen LogP contribution in [0.3, 0.4) is 0 Å². The van der Waals surface area contributed by atoms with Crippen LogP contribution in [0.5, 0.6) is 6.01 Å². The SMILES string of the molecule is CCOc1n[nH]c(NC(=O)c2ccncc2)n1. The Labute approximate surface area is 97.2 Å². The van der Waals surface area contributed by atoms with E-state index in [1.807, 2.05) is 6.92 Å². The van der Waals surface area contributed by atoms with Crippen LogP contribution >= 0.6 is 0 Å². The Hall–Kier alpha value is -2.44. The molecule has 2 aromatic heterocycles. The normalized spacial score (nSPS) is 9.94. The van der Waals surface area contributed by atoms with E-state index in [4.69, 9.17) is 4.74 Å². The van der Waals surface area contributed by atoms with E-state index in [1.54, 1.807) is 24.5 Å². The van der Waals surface area contributed by atoms with Crippen LogP contribution in [-0.2, 0) is 0 Å². The molecule has 7 nitrogen and oxygen atoms in total. The Morgan fingerprint density at radius 1 is 1.47 bits per heavy atom. The van der Waals surface area contributed by atoms with Crippen molar-refractivity contribution < 1.29 is 9.53 Å². The summed E-state index contributed by atoms with van der Waals surface area (Å²) in [6, 6.07) is 3.42. The van der Waals surface area contributed by atoms with Crippen molar-refractivity contribution >= 4 is 11.9 Å². The van der Waals surface area contributed by atoms with Crippen LogP contribution in [0.15, 0.2) is 24.5 Å². The number of ether oxygens (including phenoxy) is 1. The summed E-state index contributed by atoms with van der Waals surface area (Å²) < 4.78 is 5.06. The number of H-pyrrole nitrogens is 1. The number of carbonyl (C=O) groups excluding carboxylic acids is 1. The Morgan fingerprint density at radius 3 is 2.94 bits per heavy atom. The lowest BCUT2D eigenvalue weighted by Gasteiger charge is -1.99. The smallest absolute Gasteiger partial charge is 0.337 e. The van der Waals surface area contributed by atoms with Crippen molar-refractivity contribution in [2.75, 3.05) is 11.9 Å². The van der Waals surface area contributed by atoms with E-state index < -0.39 is 0 Å². The van der Waals surface area contributed by atoms with Gasteiger partial charge in [-0.3, -0.25) is 15.1 Å². The van der Waals surface area contributed by atoms with Crippen molar-refractivity contribution in [2.24, 2.45) is 0 Å². The summed E-state index contributed by atoms with van der Waals surface area (Å²) in [7, 11) is 0. The van der Waals surface area contributed by atoms with Crippen molar-refractivity contribution in [1.82, 2.24) is 20.2 Å². The summed E-state index contributed by atoms with van der Waals surface area (Å²) in [5.74, 6) is -0.0399. The fraction of sp³-hybridized carbons (Fsp3) is 0.200. The largest absolute Gasteiger partial charge is 0.463 e. The van der Waals surface area contributed by atoms with E-state index in [2.05, 4.69) is 25.5 Å². The van der Waals surface area contributed by atoms with Gasteiger partial charge >= 0.3 is 6.01 Å². The molecule has 0 saturated carbocycles. The highest BCUT2D eigenvalue weighted by Crippen LogP contribution is 2.07. The second kappa shape index (κ2) is 5.06.